The van der Waals surface area contributed by atoms with Gasteiger partial charge >= 0.3 is 24.1 Å². The molecule has 8 heteroatoms. The molecule has 0 aromatic heterocycles. The third kappa shape index (κ3) is 5.57. The minimum atomic E-state index is -5.90. The number of hydrogen-bond donors (Lipinski definition) is 0. The third-order valence-electron chi connectivity index (χ3n) is 2.01. The summed E-state index contributed by atoms with van der Waals surface area (Å²) in [5.41, 5.74) is 0. The summed E-state index contributed by atoms with van der Waals surface area (Å²) < 4.78 is 68.0. The van der Waals surface area contributed by atoms with Crippen molar-refractivity contribution in [3.63, 3.8) is 0 Å². The second-order valence-corrected chi connectivity index (χ2v) is 4.79. The summed E-state index contributed by atoms with van der Waals surface area (Å²) in [6.45, 7) is 1.89. The normalized spacial score (nSPS) is 14.3. The van der Waals surface area contributed by atoms with E-state index in [-0.39, 0.29) is 25.3 Å². The second-order valence-electron chi connectivity index (χ2n) is 3.33. The molecule has 0 aliphatic heterocycles. The number of rotatable bonds is 7. The maximum absolute atomic E-state index is 12.8. The van der Waals surface area contributed by atoms with Crippen LogP contribution >= 0.6 is 0 Å². The Kier molecular flexibility index (Phi) is 8.85. The quantitative estimate of drug-likeness (QED) is 0.347. The molecule has 3 nitrogen and oxygen atoms in total. The van der Waals surface area contributed by atoms with Crippen LogP contribution in [0, 0.1) is 0 Å². The van der Waals surface area contributed by atoms with Crippen LogP contribution in [0.3, 0.4) is 0 Å². The Labute approximate surface area is 106 Å². The number of hydrogen-bond acceptors (Lipinski definition) is 3. The van der Waals surface area contributed by atoms with Gasteiger partial charge in [-0.3, -0.25) is 0 Å². The molecule has 0 aromatic carbocycles. The van der Waals surface area contributed by atoms with Crippen LogP contribution in [0.25, 0.3) is 0 Å². The summed E-state index contributed by atoms with van der Waals surface area (Å²) in [6.07, 6.45) is -1.19. The standard InChI is InChI=1S/C8H15F3O3S.Li/c1-2-3-4-5-6-7(9)8(10,11)15(12,13)14;/h7H,2-6H2,1H3,(H,12,13,14);/q;+1/p-1. The van der Waals surface area contributed by atoms with Crippen LogP contribution in [-0.4, -0.2) is 24.4 Å². The van der Waals surface area contributed by atoms with Crippen molar-refractivity contribution >= 4 is 10.1 Å². The first-order valence-electron chi connectivity index (χ1n) is 4.70. The van der Waals surface area contributed by atoms with Gasteiger partial charge in [0.05, 0.1) is 0 Å². The van der Waals surface area contributed by atoms with Gasteiger partial charge in [0.1, 0.15) is 0 Å². The maximum Gasteiger partial charge on any atom is 1.00 e. The third-order valence-corrected chi connectivity index (χ3v) is 2.93. The Morgan fingerprint density at radius 3 is 2.12 bits per heavy atom. The van der Waals surface area contributed by atoms with Gasteiger partial charge in [0, 0.05) is 0 Å². The van der Waals surface area contributed by atoms with E-state index in [1.807, 2.05) is 6.92 Å². The van der Waals surface area contributed by atoms with Crippen LogP contribution in [-0.2, 0) is 10.1 Å². The van der Waals surface area contributed by atoms with Gasteiger partial charge in [-0.25, -0.2) is 12.8 Å². The molecule has 0 saturated heterocycles. The van der Waals surface area contributed by atoms with Crippen molar-refractivity contribution < 1.29 is 45.0 Å². The molecule has 0 radical (unpaired) electrons. The Balaban J connectivity index is 0. The van der Waals surface area contributed by atoms with E-state index >= 15 is 0 Å². The molecule has 0 aliphatic rings. The Morgan fingerprint density at radius 2 is 1.75 bits per heavy atom. The molecule has 16 heavy (non-hydrogen) atoms. The average Bonchev–Trinajstić information content (AvgIpc) is 2.10. The summed E-state index contributed by atoms with van der Waals surface area (Å²) in [5, 5.41) is -4.81. The second kappa shape index (κ2) is 7.59. The summed E-state index contributed by atoms with van der Waals surface area (Å²) in [6, 6.07) is 0. The molecule has 1 atom stereocenters. The molecule has 0 bridgehead atoms. The molecule has 0 fully saturated rings. The average molecular weight is 254 g/mol. The fraction of sp³-hybridized carbons (Fsp3) is 1.00. The fourth-order valence-electron chi connectivity index (χ4n) is 1.07. The molecule has 1 unspecified atom stereocenters. The van der Waals surface area contributed by atoms with Gasteiger partial charge in [0.25, 0.3) is 0 Å². The number of alkyl halides is 3. The fourth-order valence-corrected chi connectivity index (χ4v) is 1.51. The van der Waals surface area contributed by atoms with E-state index in [0.29, 0.717) is 6.42 Å². The van der Waals surface area contributed by atoms with Gasteiger partial charge in [0.2, 0.25) is 0 Å². The first-order chi connectivity index (χ1) is 6.73. The molecular weight excluding hydrogens is 240 g/mol. The van der Waals surface area contributed by atoms with Gasteiger partial charge in [-0.05, 0) is 6.42 Å². The van der Waals surface area contributed by atoms with Crippen molar-refractivity contribution in [1.29, 1.82) is 0 Å². The molecule has 0 saturated carbocycles. The van der Waals surface area contributed by atoms with E-state index in [1.54, 1.807) is 0 Å². The van der Waals surface area contributed by atoms with Crippen LogP contribution in [0.2, 0.25) is 0 Å². The Hall–Kier alpha value is 0.297. The topological polar surface area (TPSA) is 57.2 Å². The van der Waals surface area contributed by atoms with Gasteiger partial charge in [-0.1, -0.05) is 32.6 Å². The molecule has 0 aromatic rings. The molecular formula is C8H14F3LiO3S. The van der Waals surface area contributed by atoms with Crippen molar-refractivity contribution in [2.75, 3.05) is 0 Å². The largest absolute Gasteiger partial charge is 1.00 e. The van der Waals surface area contributed by atoms with E-state index < -0.39 is 28.0 Å². The smallest absolute Gasteiger partial charge is 0.743 e. The predicted octanol–water partition coefficient (Wildman–Crippen LogP) is -0.563. The van der Waals surface area contributed by atoms with E-state index in [4.69, 9.17) is 0 Å². The van der Waals surface area contributed by atoms with Crippen molar-refractivity contribution in [1.82, 2.24) is 0 Å². The molecule has 0 spiro atoms. The van der Waals surface area contributed by atoms with Crippen molar-refractivity contribution in [3.8, 4) is 0 Å². The minimum Gasteiger partial charge on any atom is -0.743 e. The van der Waals surface area contributed by atoms with E-state index in [2.05, 4.69) is 0 Å². The summed E-state index contributed by atoms with van der Waals surface area (Å²) >= 11 is 0. The van der Waals surface area contributed by atoms with Crippen LogP contribution < -0.4 is 18.9 Å². The zero-order valence-electron chi connectivity index (χ0n) is 9.38. The maximum atomic E-state index is 12.8. The predicted molar refractivity (Wildman–Crippen MR) is 48.3 cm³/mol. The van der Waals surface area contributed by atoms with Crippen molar-refractivity contribution in [2.45, 2.75) is 50.5 Å². The summed E-state index contributed by atoms with van der Waals surface area (Å²) in [4.78, 5) is 0. The van der Waals surface area contributed by atoms with Gasteiger partial charge in [0.15, 0.2) is 16.3 Å². The van der Waals surface area contributed by atoms with Gasteiger partial charge in [-0.15, -0.1) is 0 Å². The zero-order valence-corrected chi connectivity index (χ0v) is 10.2. The molecule has 0 N–H and O–H groups in total. The number of halogens is 3. The minimum absolute atomic E-state index is 0. The summed E-state index contributed by atoms with van der Waals surface area (Å²) in [7, 11) is -5.90. The number of unbranched alkanes of at least 4 members (excludes halogenated alkanes) is 3. The Morgan fingerprint density at radius 1 is 1.25 bits per heavy atom. The van der Waals surface area contributed by atoms with Crippen LogP contribution in [0.1, 0.15) is 39.0 Å². The molecule has 0 aliphatic carbocycles. The van der Waals surface area contributed by atoms with E-state index in [9.17, 15) is 26.1 Å². The summed E-state index contributed by atoms with van der Waals surface area (Å²) in [5.74, 6) is 0. The van der Waals surface area contributed by atoms with E-state index in [1.165, 1.54) is 0 Å². The molecule has 0 amide bonds. The van der Waals surface area contributed by atoms with Crippen LogP contribution in [0.5, 0.6) is 0 Å². The van der Waals surface area contributed by atoms with Crippen LogP contribution in [0.15, 0.2) is 0 Å². The van der Waals surface area contributed by atoms with Gasteiger partial charge in [-0.2, -0.15) is 8.78 Å². The Bertz CT molecular complexity index is 282. The first kappa shape index (κ1) is 18.7. The van der Waals surface area contributed by atoms with Crippen molar-refractivity contribution in [3.05, 3.63) is 0 Å². The monoisotopic (exact) mass is 254 g/mol. The first-order valence-corrected chi connectivity index (χ1v) is 6.11. The van der Waals surface area contributed by atoms with E-state index in [0.717, 1.165) is 12.8 Å². The molecule has 0 rings (SSSR count). The van der Waals surface area contributed by atoms with Crippen LogP contribution in [0.4, 0.5) is 13.2 Å². The molecule has 92 valence electrons. The zero-order chi connectivity index (χ0) is 12.1. The molecule has 0 heterocycles. The SMILES string of the molecule is CCCCCCC(F)C(F)(F)S(=O)(=O)[O-].[Li+]. The van der Waals surface area contributed by atoms with Gasteiger partial charge < -0.3 is 4.55 Å². The van der Waals surface area contributed by atoms with Crippen molar-refractivity contribution in [2.24, 2.45) is 0 Å².